The molecule has 3 heterocycles. The van der Waals surface area contributed by atoms with E-state index in [1.165, 1.54) is 0 Å². The number of nitrogens with zero attached hydrogens (tertiary/aromatic N) is 4. The van der Waals surface area contributed by atoms with Crippen LogP contribution in [0.4, 0.5) is 22.1 Å². The van der Waals surface area contributed by atoms with Crippen molar-refractivity contribution in [3.8, 4) is 17.1 Å². The van der Waals surface area contributed by atoms with Gasteiger partial charge in [0.1, 0.15) is 18.5 Å². The molecule has 10 heteroatoms. The third kappa shape index (κ3) is 6.00. The summed E-state index contributed by atoms with van der Waals surface area (Å²) in [6, 6.07) is 16.0. The number of carbonyl (C=O) groups excluding carboxylic acids is 1. The van der Waals surface area contributed by atoms with Crippen LogP contribution in [0.2, 0.25) is 5.02 Å². The molecule has 0 radical (unpaired) electrons. The maximum Gasteiger partial charge on any atom is 0.328 e. The average Bonchev–Trinajstić information content (AvgIpc) is 3.06. The first-order valence-electron chi connectivity index (χ1n) is 11.5. The molecule has 35 heavy (non-hydrogen) atoms. The van der Waals surface area contributed by atoms with E-state index >= 15 is 0 Å². The third-order valence-electron chi connectivity index (χ3n) is 5.60. The number of rotatable bonds is 7. The van der Waals surface area contributed by atoms with Crippen LogP contribution in [-0.4, -0.2) is 65.2 Å². The van der Waals surface area contributed by atoms with Crippen molar-refractivity contribution >= 4 is 35.0 Å². The summed E-state index contributed by atoms with van der Waals surface area (Å²) in [4.78, 5) is 26.4. The Morgan fingerprint density at radius 3 is 2.77 bits per heavy atom. The second-order valence-corrected chi connectivity index (χ2v) is 8.51. The van der Waals surface area contributed by atoms with Crippen LogP contribution in [-0.2, 0) is 0 Å². The molecule has 0 spiro atoms. The fourth-order valence-corrected chi connectivity index (χ4v) is 4.03. The van der Waals surface area contributed by atoms with Gasteiger partial charge in [0.05, 0.1) is 18.0 Å². The van der Waals surface area contributed by atoms with Gasteiger partial charge in [0.15, 0.2) is 5.82 Å². The number of benzene rings is 1. The Morgan fingerprint density at radius 1 is 1.17 bits per heavy atom. The molecule has 1 atom stereocenters. The Labute approximate surface area is 208 Å². The van der Waals surface area contributed by atoms with E-state index in [1.54, 1.807) is 23.1 Å². The Balaban J connectivity index is 1.61. The van der Waals surface area contributed by atoms with E-state index in [9.17, 15) is 9.90 Å². The number of hydrogen-bond acceptors (Lipinski definition) is 7. The first kappa shape index (κ1) is 24.7. The van der Waals surface area contributed by atoms with Gasteiger partial charge in [-0.3, -0.25) is 10.2 Å². The van der Waals surface area contributed by atoms with Crippen LogP contribution in [0.1, 0.15) is 13.3 Å². The number of anilines is 3. The SMILES string of the molecule is CCN1CCCN(C(=O)Nc2cccc(OC[C@@H](O)CO)n2)c2nc(-c3cccc(Cl)c3)ccc21. The van der Waals surface area contributed by atoms with Gasteiger partial charge in [-0.15, -0.1) is 0 Å². The molecule has 3 N–H and O–H groups in total. The Kier molecular flexibility index (Phi) is 8.02. The highest BCUT2D eigenvalue weighted by molar-refractivity contribution is 6.30. The number of aliphatic hydroxyl groups is 2. The highest BCUT2D eigenvalue weighted by atomic mass is 35.5. The highest BCUT2D eigenvalue weighted by Gasteiger charge is 2.27. The molecule has 0 fully saturated rings. The van der Waals surface area contributed by atoms with E-state index in [0.717, 1.165) is 36.5 Å². The van der Waals surface area contributed by atoms with Crippen LogP contribution in [0.3, 0.4) is 0 Å². The number of aliphatic hydroxyl groups excluding tert-OH is 2. The van der Waals surface area contributed by atoms with Crippen molar-refractivity contribution in [3.05, 3.63) is 59.6 Å². The quantitative estimate of drug-likeness (QED) is 0.455. The summed E-state index contributed by atoms with van der Waals surface area (Å²) in [5, 5.41) is 21.9. The molecule has 0 saturated carbocycles. The zero-order valence-electron chi connectivity index (χ0n) is 19.4. The predicted octanol–water partition coefficient (Wildman–Crippen LogP) is 3.80. The number of fused-ring (bicyclic) bond motifs is 1. The zero-order valence-corrected chi connectivity index (χ0v) is 20.1. The van der Waals surface area contributed by atoms with Crippen molar-refractivity contribution in [2.75, 3.05) is 48.0 Å². The second-order valence-electron chi connectivity index (χ2n) is 8.07. The fourth-order valence-electron chi connectivity index (χ4n) is 3.84. The van der Waals surface area contributed by atoms with Gasteiger partial charge in [-0.1, -0.05) is 29.8 Å². The molecule has 0 bridgehead atoms. The van der Waals surface area contributed by atoms with Crippen molar-refractivity contribution in [2.45, 2.75) is 19.4 Å². The predicted molar refractivity (Wildman–Crippen MR) is 136 cm³/mol. The maximum atomic E-state index is 13.4. The maximum absolute atomic E-state index is 13.4. The molecule has 4 rings (SSSR count). The van der Waals surface area contributed by atoms with Gasteiger partial charge in [-0.2, -0.15) is 4.98 Å². The van der Waals surface area contributed by atoms with Gasteiger partial charge in [0, 0.05) is 36.3 Å². The topological polar surface area (TPSA) is 111 Å². The van der Waals surface area contributed by atoms with Gasteiger partial charge in [0.2, 0.25) is 5.88 Å². The molecular weight excluding hydrogens is 470 g/mol. The number of halogens is 1. The number of urea groups is 1. The molecule has 1 aliphatic heterocycles. The summed E-state index contributed by atoms with van der Waals surface area (Å²) >= 11 is 6.19. The Hall–Kier alpha value is -3.40. The van der Waals surface area contributed by atoms with Gasteiger partial charge in [-0.25, -0.2) is 9.78 Å². The molecule has 9 nitrogen and oxygen atoms in total. The minimum atomic E-state index is -1.01. The summed E-state index contributed by atoms with van der Waals surface area (Å²) in [6.45, 7) is 3.64. The largest absolute Gasteiger partial charge is 0.475 e. The summed E-state index contributed by atoms with van der Waals surface area (Å²) in [6.07, 6.45) is -0.232. The zero-order chi connectivity index (χ0) is 24.8. The van der Waals surface area contributed by atoms with E-state index in [0.29, 0.717) is 23.2 Å². The monoisotopic (exact) mass is 497 g/mol. The number of pyridine rings is 2. The molecule has 2 amide bonds. The Morgan fingerprint density at radius 2 is 2.00 bits per heavy atom. The molecule has 0 unspecified atom stereocenters. The number of ether oxygens (including phenoxy) is 1. The van der Waals surface area contributed by atoms with Crippen LogP contribution >= 0.6 is 11.6 Å². The van der Waals surface area contributed by atoms with Crippen molar-refractivity contribution < 1.29 is 19.7 Å². The molecule has 184 valence electrons. The van der Waals surface area contributed by atoms with Gasteiger partial charge in [0.25, 0.3) is 0 Å². The summed E-state index contributed by atoms with van der Waals surface area (Å²) in [7, 11) is 0. The molecule has 2 aromatic heterocycles. The lowest BCUT2D eigenvalue weighted by Gasteiger charge is -2.25. The summed E-state index contributed by atoms with van der Waals surface area (Å²) in [5.74, 6) is 1.10. The average molecular weight is 498 g/mol. The molecule has 0 saturated heterocycles. The number of amides is 2. The van der Waals surface area contributed by atoms with E-state index < -0.39 is 12.7 Å². The Bertz CT molecular complexity index is 1180. The van der Waals surface area contributed by atoms with Crippen LogP contribution in [0.25, 0.3) is 11.3 Å². The minimum absolute atomic E-state index is 0.108. The lowest BCUT2D eigenvalue weighted by atomic mass is 10.1. The second kappa shape index (κ2) is 11.4. The van der Waals surface area contributed by atoms with Crippen molar-refractivity contribution in [3.63, 3.8) is 0 Å². The van der Waals surface area contributed by atoms with Crippen molar-refractivity contribution in [1.82, 2.24) is 9.97 Å². The first-order chi connectivity index (χ1) is 17.0. The summed E-state index contributed by atoms with van der Waals surface area (Å²) in [5.41, 5.74) is 2.47. The van der Waals surface area contributed by atoms with E-state index in [1.807, 2.05) is 36.4 Å². The normalized spacial score (nSPS) is 14.2. The van der Waals surface area contributed by atoms with Crippen molar-refractivity contribution in [1.29, 1.82) is 0 Å². The standard InChI is InChI=1S/C25H28ClN5O4/c1-2-30-12-5-13-31(24-21(30)11-10-20(27-24)17-6-3-7-18(26)14-17)25(34)29-22-8-4-9-23(28-22)35-16-19(33)15-32/h3-4,6-11,14,19,32-33H,2,5,12-13,15-16H2,1H3,(H,28,29,34)/t19-/m0/s1. The number of nitrogens with one attached hydrogen (secondary N) is 1. The van der Waals surface area contributed by atoms with Crippen LogP contribution in [0, 0.1) is 0 Å². The fraction of sp³-hybridized carbons (Fsp3) is 0.320. The summed E-state index contributed by atoms with van der Waals surface area (Å²) < 4.78 is 5.39. The van der Waals surface area contributed by atoms with Gasteiger partial charge < -0.3 is 19.8 Å². The lowest BCUT2D eigenvalue weighted by molar-refractivity contribution is 0.0521. The number of carbonyl (C=O) groups is 1. The van der Waals surface area contributed by atoms with Gasteiger partial charge >= 0.3 is 6.03 Å². The first-order valence-corrected chi connectivity index (χ1v) is 11.9. The van der Waals surface area contributed by atoms with Gasteiger partial charge in [-0.05, 0) is 43.7 Å². The number of hydrogen-bond donors (Lipinski definition) is 3. The number of aromatic nitrogens is 2. The van der Waals surface area contributed by atoms with Crippen LogP contribution < -0.4 is 19.9 Å². The third-order valence-corrected chi connectivity index (χ3v) is 5.84. The molecular formula is C25H28ClN5O4. The van der Waals surface area contributed by atoms with E-state index in [2.05, 4.69) is 22.1 Å². The molecule has 1 aliphatic rings. The molecule has 3 aromatic rings. The smallest absolute Gasteiger partial charge is 0.328 e. The molecule has 0 aliphatic carbocycles. The lowest BCUT2D eigenvalue weighted by Crippen LogP contribution is -2.36. The van der Waals surface area contributed by atoms with Crippen LogP contribution in [0.5, 0.6) is 5.88 Å². The van der Waals surface area contributed by atoms with E-state index in [4.69, 9.17) is 26.4 Å². The minimum Gasteiger partial charge on any atom is -0.475 e. The van der Waals surface area contributed by atoms with Crippen LogP contribution in [0.15, 0.2) is 54.6 Å². The van der Waals surface area contributed by atoms with Crippen molar-refractivity contribution in [2.24, 2.45) is 0 Å². The molecule has 1 aromatic carbocycles. The highest BCUT2D eigenvalue weighted by Crippen LogP contribution is 2.34. The van der Waals surface area contributed by atoms with E-state index in [-0.39, 0.29) is 18.5 Å².